The topological polar surface area (TPSA) is 115 Å². The van der Waals surface area contributed by atoms with Crippen molar-refractivity contribution in [1.82, 2.24) is 9.97 Å². The van der Waals surface area contributed by atoms with Gasteiger partial charge in [-0.15, -0.1) is 0 Å². The zero-order valence-corrected chi connectivity index (χ0v) is 12.3. The maximum atomic E-state index is 11.1. The number of amides is 2. The minimum absolute atomic E-state index is 0.164. The first-order chi connectivity index (χ1) is 9.35. The molecule has 0 fully saturated rings. The van der Waals surface area contributed by atoms with E-state index < -0.39 is 11.8 Å². The van der Waals surface area contributed by atoms with E-state index in [0.29, 0.717) is 23.6 Å². The van der Waals surface area contributed by atoms with Crippen LogP contribution in [0.2, 0.25) is 5.15 Å². The molecule has 7 nitrogen and oxygen atoms in total. The quantitative estimate of drug-likeness (QED) is 0.696. The highest BCUT2D eigenvalue weighted by Crippen LogP contribution is 2.23. The Labute approximate surface area is 122 Å². The van der Waals surface area contributed by atoms with E-state index in [9.17, 15) is 9.59 Å². The van der Waals surface area contributed by atoms with Crippen molar-refractivity contribution in [3.63, 3.8) is 0 Å². The van der Waals surface area contributed by atoms with Crippen molar-refractivity contribution >= 4 is 29.2 Å². The van der Waals surface area contributed by atoms with Gasteiger partial charge in [0.2, 0.25) is 11.8 Å². The highest BCUT2D eigenvalue weighted by Gasteiger charge is 2.19. The molecule has 0 aliphatic heterocycles. The predicted octanol–water partition coefficient (Wildman–Crippen LogP) is 0.168. The van der Waals surface area contributed by atoms with Gasteiger partial charge in [0.25, 0.3) is 0 Å². The number of nitrogens with zero attached hydrogens (tertiary/aromatic N) is 3. The predicted molar refractivity (Wildman–Crippen MR) is 76.4 cm³/mol. The van der Waals surface area contributed by atoms with Gasteiger partial charge in [-0.2, -0.15) is 0 Å². The van der Waals surface area contributed by atoms with Gasteiger partial charge in [-0.3, -0.25) is 9.59 Å². The van der Waals surface area contributed by atoms with Crippen LogP contribution < -0.4 is 16.4 Å². The summed E-state index contributed by atoms with van der Waals surface area (Å²) in [5, 5.41) is 0.289. The van der Waals surface area contributed by atoms with Crippen LogP contribution in [0.3, 0.4) is 0 Å². The number of aryl methyl sites for hydroxylation is 1. The van der Waals surface area contributed by atoms with Gasteiger partial charge in [-0.05, 0) is 13.3 Å². The molecule has 4 N–H and O–H groups in total. The first-order valence-corrected chi connectivity index (χ1v) is 6.57. The summed E-state index contributed by atoms with van der Waals surface area (Å²) in [6.45, 7) is 3.37. The minimum Gasteiger partial charge on any atom is -0.368 e. The lowest BCUT2D eigenvalue weighted by Crippen LogP contribution is -2.40. The summed E-state index contributed by atoms with van der Waals surface area (Å²) in [6, 6.07) is 0. The standard InChI is InChI=1S/C12H18ClN5O2/c1-3-4-10-16-11(13)7(2)12(17-10)18(5-8(14)19)6-9(15)20/h3-6H2,1-2H3,(H2,14,19)(H2,15,20). The van der Waals surface area contributed by atoms with Crippen molar-refractivity contribution in [3.8, 4) is 0 Å². The molecule has 20 heavy (non-hydrogen) atoms. The van der Waals surface area contributed by atoms with E-state index in [4.69, 9.17) is 23.1 Å². The molecule has 1 aromatic rings. The van der Waals surface area contributed by atoms with Crippen LogP contribution in [0.25, 0.3) is 0 Å². The molecule has 0 aromatic carbocycles. The molecule has 0 aliphatic rings. The Balaban J connectivity index is 3.22. The smallest absolute Gasteiger partial charge is 0.237 e. The number of carbonyl (C=O) groups is 2. The van der Waals surface area contributed by atoms with Crippen LogP contribution in [0, 0.1) is 6.92 Å². The van der Waals surface area contributed by atoms with Crippen molar-refractivity contribution in [3.05, 3.63) is 16.5 Å². The van der Waals surface area contributed by atoms with Gasteiger partial charge in [0.15, 0.2) is 0 Å². The second-order valence-electron chi connectivity index (χ2n) is 4.42. The molecule has 0 aliphatic carbocycles. The van der Waals surface area contributed by atoms with Gasteiger partial charge >= 0.3 is 0 Å². The van der Waals surface area contributed by atoms with Gasteiger partial charge in [0, 0.05) is 12.0 Å². The molecule has 2 amide bonds. The third kappa shape index (κ3) is 4.34. The van der Waals surface area contributed by atoms with E-state index >= 15 is 0 Å². The molecule has 0 unspecified atom stereocenters. The SMILES string of the molecule is CCCc1nc(Cl)c(C)c(N(CC(N)=O)CC(N)=O)n1. The number of hydrogen-bond acceptors (Lipinski definition) is 5. The second kappa shape index (κ2) is 7.04. The fourth-order valence-corrected chi connectivity index (χ4v) is 1.93. The molecule has 8 heteroatoms. The average Bonchev–Trinajstić information content (AvgIpc) is 2.32. The number of hydrogen-bond donors (Lipinski definition) is 2. The average molecular weight is 300 g/mol. The molecule has 1 aromatic heterocycles. The number of primary amides is 2. The summed E-state index contributed by atoms with van der Waals surface area (Å²) in [6.07, 6.45) is 1.50. The van der Waals surface area contributed by atoms with Crippen LogP contribution in [0.15, 0.2) is 0 Å². The van der Waals surface area contributed by atoms with E-state index in [1.54, 1.807) is 6.92 Å². The molecule has 110 valence electrons. The van der Waals surface area contributed by atoms with E-state index in [1.165, 1.54) is 4.90 Å². The van der Waals surface area contributed by atoms with Crippen LogP contribution >= 0.6 is 11.6 Å². The summed E-state index contributed by atoms with van der Waals surface area (Å²) in [5.41, 5.74) is 10.9. The van der Waals surface area contributed by atoms with Gasteiger partial charge < -0.3 is 16.4 Å². The van der Waals surface area contributed by atoms with Crippen LogP contribution in [-0.4, -0.2) is 34.9 Å². The fourth-order valence-electron chi connectivity index (χ4n) is 1.75. The number of rotatable bonds is 7. The van der Waals surface area contributed by atoms with Crippen LogP contribution in [0.5, 0.6) is 0 Å². The Morgan fingerprint density at radius 3 is 2.20 bits per heavy atom. The summed E-state index contributed by atoms with van der Waals surface area (Å²) in [7, 11) is 0. The van der Waals surface area contributed by atoms with Gasteiger partial charge in [0.05, 0.1) is 13.1 Å². The summed E-state index contributed by atoms with van der Waals surface area (Å²) in [4.78, 5) is 32.2. The highest BCUT2D eigenvalue weighted by atomic mass is 35.5. The zero-order chi connectivity index (χ0) is 15.3. The molecule has 0 saturated carbocycles. The first-order valence-electron chi connectivity index (χ1n) is 6.19. The van der Waals surface area contributed by atoms with Gasteiger partial charge in [0.1, 0.15) is 16.8 Å². The monoisotopic (exact) mass is 299 g/mol. The summed E-state index contributed by atoms with van der Waals surface area (Å²) in [5.74, 6) is -0.210. The molecule has 0 atom stereocenters. The number of anilines is 1. The van der Waals surface area contributed by atoms with Gasteiger partial charge in [-0.25, -0.2) is 9.97 Å². The largest absolute Gasteiger partial charge is 0.368 e. The molecule has 0 spiro atoms. The third-order valence-electron chi connectivity index (χ3n) is 2.57. The summed E-state index contributed by atoms with van der Waals surface area (Å²) < 4.78 is 0. The van der Waals surface area contributed by atoms with E-state index in [1.807, 2.05) is 6.92 Å². The minimum atomic E-state index is -0.586. The van der Waals surface area contributed by atoms with Crippen molar-refractivity contribution in [2.24, 2.45) is 11.5 Å². The zero-order valence-electron chi connectivity index (χ0n) is 11.5. The van der Waals surface area contributed by atoms with E-state index in [0.717, 1.165) is 6.42 Å². The maximum Gasteiger partial charge on any atom is 0.237 e. The molecular weight excluding hydrogens is 282 g/mol. The van der Waals surface area contributed by atoms with Gasteiger partial charge in [-0.1, -0.05) is 18.5 Å². The number of nitrogens with two attached hydrogens (primary N) is 2. The molecule has 0 radical (unpaired) electrons. The number of carbonyl (C=O) groups excluding carboxylic acids is 2. The fraction of sp³-hybridized carbons (Fsp3) is 0.500. The number of halogens is 1. The number of aromatic nitrogens is 2. The van der Waals surface area contributed by atoms with Crippen LogP contribution in [0.1, 0.15) is 24.7 Å². The Morgan fingerprint density at radius 2 is 1.75 bits per heavy atom. The third-order valence-corrected chi connectivity index (χ3v) is 2.94. The Kier molecular flexibility index (Phi) is 5.69. The van der Waals surface area contributed by atoms with Crippen molar-refractivity contribution in [1.29, 1.82) is 0 Å². The second-order valence-corrected chi connectivity index (χ2v) is 4.78. The summed E-state index contributed by atoms with van der Waals surface area (Å²) >= 11 is 6.06. The van der Waals surface area contributed by atoms with Crippen molar-refractivity contribution in [2.75, 3.05) is 18.0 Å². The van der Waals surface area contributed by atoms with Crippen molar-refractivity contribution < 1.29 is 9.59 Å². The Bertz CT molecular complexity index is 505. The molecule has 1 heterocycles. The normalized spacial score (nSPS) is 10.3. The Morgan fingerprint density at radius 1 is 1.20 bits per heavy atom. The highest BCUT2D eigenvalue weighted by molar-refractivity contribution is 6.30. The maximum absolute atomic E-state index is 11.1. The van der Waals surface area contributed by atoms with E-state index in [-0.39, 0.29) is 18.2 Å². The lowest BCUT2D eigenvalue weighted by molar-refractivity contribution is -0.117. The lowest BCUT2D eigenvalue weighted by atomic mass is 10.2. The molecule has 0 bridgehead atoms. The van der Waals surface area contributed by atoms with Crippen LogP contribution in [-0.2, 0) is 16.0 Å². The van der Waals surface area contributed by atoms with Crippen molar-refractivity contribution in [2.45, 2.75) is 26.7 Å². The lowest BCUT2D eigenvalue weighted by Gasteiger charge is -2.23. The molecular formula is C12H18ClN5O2. The Hall–Kier alpha value is -1.89. The van der Waals surface area contributed by atoms with Crippen LogP contribution in [0.4, 0.5) is 5.82 Å². The first kappa shape index (κ1) is 16.2. The molecule has 1 rings (SSSR count). The molecule has 0 saturated heterocycles. The van der Waals surface area contributed by atoms with E-state index in [2.05, 4.69) is 9.97 Å².